The Hall–Kier alpha value is -1.64. The lowest BCUT2D eigenvalue weighted by atomic mass is 10.3. The van der Waals surface area contributed by atoms with Gasteiger partial charge in [-0.3, -0.25) is 4.79 Å². The Bertz CT molecular complexity index is 431. The fourth-order valence-corrected chi connectivity index (χ4v) is 1.22. The second kappa shape index (κ2) is 2.44. The van der Waals surface area contributed by atoms with Crippen molar-refractivity contribution in [1.82, 2.24) is 9.38 Å². The van der Waals surface area contributed by atoms with Crippen LogP contribution in [0.1, 0.15) is 16.1 Å². The topological polar surface area (TPSA) is 34.4 Å². The minimum absolute atomic E-state index is 0.495. The van der Waals surface area contributed by atoms with Gasteiger partial charge < -0.3 is 4.40 Å². The van der Waals surface area contributed by atoms with Gasteiger partial charge in [0.2, 0.25) is 0 Å². The molecule has 0 N–H and O–H groups in total. The molecule has 3 nitrogen and oxygen atoms in total. The molecule has 12 heavy (non-hydrogen) atoms. The summed E-state index contributed by atoms with van der Waals surface area (Å²) in [4.78, 5) is 14.4. The molecular weight excluding hydrogens is 152 g/mol. The smallest absolute Gasteiger partial charge is 0.170 e. The van der Waals surface area contributed by atoms with Gasteiger partial charge in [0.1, 0.15) is 12.0 Å². The van der Waals surface area contributed by atoms with Crippen molar-refractivity contribution in [2.75, 3.05) is 0 Å². The summed E-state index contributed by atoms with van der Waals surface area (Å²) in [5.41, 5.74) is 2.50. The highest BCUT2D eigenvalue weighted by atomic mass is 16.1. The number of imidazole rings is 1. The van der Waals surface area contributed by atoms with Crippen LogP contribution in [0.2, 0.25) is 0 Å². The van der Waals surface area contributed by atoms with Crippen LogP contribution in [0, 0.1) is 6.92 Å². The monoisotopic (exact) mass is 160 g/mol. The van der Waals surface area contributed by atoms with Crippen LogP contribution in [0.25, 0.3) is 5.52 Å². The summed E-state index contributed by atoms with van der Waals surface area (Å²) >= 11 is 0. The second-order valence-electron chi connectivity index (χ2n) is 2.75. The van der Waals surface area contributed by atoms with Crippen LogP contribution in [-0.4, -0.2) is 15.7 Å². The average Bonchev–Trinajstić information content (AvgIpc) is 2.46. The van der Waals surface area contributed by atoms with E-state index in [1.54, 1.807) is 6.33 Å². The zero-order chi connectivity index (χ0) is 8.55. The molecule has 2 heterocycles. The van der Waals surface area contributed by atoms with Gasteiger partial charge in [0.05, 0.1) is 5.52 Å². The third-order valence-electron chi connectivity index (χ3n) is 1.82. The van der Waals surface area contributed by atoms with Crippen molar-refractivity contribution in [3.63, 3.8) is 0 Å². The summed E-state index contributed by atoms with van der Waals surface area (Å²) in [5, 5.41) is 0. The standard InChI is InChI=1S/C9H8N2O/c1-7-2-3-9-8(5-12)10-6-11(9)4-7/h2-6H,1H3. The highest BCUT2D eigenvalue weighted by Crippen LogP contribution is 2.08. The predicted octanol–water partition coefficient (Wildman–Crippen LogP) is 1.46. The third kappa shape index (κ3) is 0.906. The number of fused-ring (bicyclic) bond motifs is 1. The first-order valence-electron chi connectivity index (χ1n) is 3.70. The Balaban J connectivity index is 2.81. The van der Waals surface area contributed by atoms with E-state index in [1.165, 1.54) is 0 Å². The number of aldehydes is 1. The average molecular weight is 160 g/mol. The zero-order valence-electron chi connectivity index (χ0n) is 6.69. The molecule has 0 aliphatic heterocycles. The van der Waals surface area contributed by atoms with Crippen molar-refractivity contribution in [3.05, 3.63) is 35.9 Å². The molecule has 0 bridgehead atoms. The maximum absolute atomic E-state index is 10.5. The van der Waals surface area contributed by atoms with Crippen LogP contribution < -0.4 is 0 Å². The Kier molecular flexibility index (Phi) is 1.43. The maximum atomic E-state index is 10.5. The predicted molar refractivity (Wildman–Crippen MR) is 45.3 cm³/mol. The molecule has 2 aromatic rings. The highest BCUT2D eigenvalue weighted by molar-refractivity contribution is 5.83. The third-order valence-corrected chi connectivity index (χ3v) is 1.82. The van der Waals surface area contributed by atoms with Gasteiger partial charge in [0, 0.05) is 6.20 Å². The molecule has 0 amide bonds. The molecule has 0 saturated heterocycles. The Morgan fingerprint density at radius 3 is 3.08 bits per heavy atom. The molecule has 2 rings (SSSR count). The summed E-state index contributed by atoms with van der Waals surface area (Å²) in [5.74, 6) is 0. The summed E-state index contributed by atoms with van der Waals surface area (Å²) < 4.78 is 1.85. The minimum Gasteiger partial charge on any atom is -0.305 e. The van der Waals surface area contributed by atoms with Crippen LogP contribution in [0.4, 0.5) is 0 Å². The van der Waals surface area contributed by atoms with Crippen molar-refractivity contribution < 1.29 is 4.79 Å². The van der Waals surface area contributed by atoms with Crippen molar-refractivity contribution >= 4 is 11.8 Å². The number of nitrogens with zero attached hydrogens (tertiary/aromatic N) is 2. The van der Waals surface area contributed by atoms with E-state index in [1.807, 2.05) is 29.7 Å². The quantitative estimate of drug-likeness (QED) is 0.592. The summed E-state index contributed by atoms with van der Waals surface area (Å²) in [6.07, 6.45) is 4.35. The SMILES string of the molecule is Cc1ccc2c(C=O)ncn2c1. The lowest BCUT2D eigenvalue weighted by molar-refractivity contribution is 0.112. The molecule has 2 aromatic heterocycles. The van der Waals surface area contributed by atoms with Gasteiger partial charge in [0.25, 0.3) is 0 Å². The van der Waals surface area contributed by atoms with Crippen LogP contribution in [-0.2, 0) is 0 Å². The zero-order valence-corrected chi connectivity index (χ0v) is 6.69. The first-order chi connectivity index (χ1) is 5.81. The van der Waals surface area contributed by atoms with Crippen molar-refractivity contribution in [1.29, 1.82) is 0 Å². The van der Waals surface area contributed by atoms with E-state index in [9.17, 15) is 4.79 Å². The number of hydrogen-bond acceptors (Lipinski definition) is 2. The molecule has 60 valence electrons. The first kappa shape index (κ1) is 7.03. The fraction of sp³-hybridized carbons (Fsp3) is 0.111. The molecule has 0 aliphatic carbocycles. The van der Waals surface area contributed by atoms with E-state index >= 15 is 0 Å². The molecule has 0 radical (unpaired) electrons. The molecule has 0 unspecified atom stereocenters. The molecule has 0 aliphatic rings. The van der Waals surface area contributed by atoms with Gasteiger partial charge >= 0.3 is 0 Å². The van der Waals surface area contributed by atoms with E-state index in [-0.39, 0.29) is 0 Å². The van der Waals surface area contributed by atoms with E-state index in [4.69, 9.17) is 0 Å². The lowest BCUT2D eigenvalue weighted by Gasteiger charge is -1.94. The summed E-state index contributed by atoms with van der Waals surface area (Å²) in [7, 11) is 0. The lowest BCUT2D eigenvalue weighted by Crippen LogP contribution is -1.84. The molecule has 0 aromatic carbocycles. The normalized spacial score (nSPS) is 10.4. The van der Waals surface area contributed by atoms with Gasteiger partial charge in [-0.25, -0.2) is 4.98 Å². The number of rotatable bonds is 1. The van der Waals surface area contributed by atoms with E-state index < -0.39 is 0 Å². The largest absolute Gasteiger partial charge is 0.305 e. The number of aryl methyl sites for hydroxylation is 1. The number of pyridine rings is 1. The second-order valence-corrected chi connectivity index (χ2v) is 2.75. The highest BCUT2D eigenvalue weighted by Gasteiger charge is 2.00. The molecule has 0 atom stereocenters. The van der Waals surface area contributed by atoms with Gasteiger partial charge in [-0.2, -0.15) is 0 Å². The number of aromatic nitrogens is 2. The Morgan fingerprint density at radius 1 is 1.50 bits per heavy atom. The Morgan fingerprint density at radius 2 is 2.33 bits per heavy atom. The van der Waals surface area contributed by atoms with Crippen LogP contribution in [0.5, 0.6) is 0 Å². The molecular formula is C9H8N2O. The molecule has 0 fully saturated rings. The molecule has 0 spiro atoms. The Labute approximate surface area is 69.7 Å². The number of hydrogen-bond donors (Lipinski definition) is 0. The first-order valence-corrected chi connectivity index (χ1v) is 3.70. The molecule has 3 heteroatoms. The fourth-order valence-electron chi connectivity index (χ4n) is 1.22. The van der Waals surface area contributed by atoms with Gasteiger partial charge in [-0.1, -0.05) is 6.07 Å². The van der Waals surface area contributed by atoms with Crippen molar-refractivity contribution in [2.45, 2.75) is 6.92 Å². The van der Waals surface area contributed by atoms with Crippen LogP contribution >= 0.6 is 0 Å². The van der Waals surface area contributed by atoms with Gasteiger partial charge in [-0.15, -0.1) is 0 Å². The van der Waals surface area contributed by atoms with Crippen molar-refractivity contribution in [2.24, 2.45) is 0 Å². The summed E-state index contributed by atoms with van der Waals surface area (Å²) in [6, 6.07) is 3.86. The van der Waals surface area contributed by atoms with Crippen LogP contribution in [0.15, 0.2) is 24.7 Å². The van der Waals surface area contributed by atoms with E-state index in [0.717, 1.165) is 17.4 Å². The molecule has 0 saturated carbocycles. The van der Waals surface area contributed by atoms with E-state index in [2.05, 4.69) is 4.98 Å². The van der Waals surface area contributed by atoms with Gasteiger partial charge in [0.15, 0.2) is 6.29 Å². The van der Waals surface area contributed by atoms with Crippen LogP contribution in [0.3, 0.4) is 0 Å². The van der Waals surface area contributed by atoms with Gasteiger partial charge in [-0.05, 0) is 18.6 Å². The number of carbonyl (C=O) groups excluding carboxylic acids is 1. The van der Waals surface area contributed by atoms with Crippen molar-refractivity contribution in [3.8, 4) is 0 Å². The minimum atomic E-state index is 0.495. The number of carbonyl (C=O) groups is 1. The summed E-state index contributed by atoms with van der Waals surface area (Å²) in [6.45, 7) is 2.00. The maximum Gasteiger partial charge on any atom is 0.170 e. The van der Waals surface area contributed by atoms with E-state index in [0.29, 0.717) is 5.69 Å².